The van der Waals surface area contributed by atoms with E-state index in [4.69, 9.17) is 0 Å². The van der Waals surface area contributed by atoms with E-state index in [0.717, 1.165) is 0 Å². The van der Waals surface area contributed by atoms with Crippen LogP contribution in [0.25, 0.3) is 0 Å². The van der Waals surface area contributed by atoms with Gasteiger partial charge in [0.1, 0.15) is 6.15 Å². The van der Waals surface area contributed by atoms with Gasteiger partial charge < -0.3 is 0 Å². The Labute approximate surface area is 312 Å². The van der Waals surface area contributed by atoms with E-state index in [2.05, 4.69) is 0 Å². The van der Waals surface area contributed by atoms with Crippen LogP contribution in [0.1, 0.15) is 44.5 Å². The third-order valence-electron chi connectivity index (χ3n) is 8.44. The topological polar surface area (TPSA) is 0 Å². The normalized spacial score (nSPS) is 14.1. The molecule has 0 aliphatic rings. The zero-order chi connectivity index (χ0) is 43.9. The van der Waals surface area contributed by atoms with Crippen LogP contribution in [-0.4, -0.2) is 6.15 Å². The molecule has 0 saturated heterocycles. The number of hydrogen-bond acceptors (Lipinski definition) is 0. The maximum atomic E-state index is 14.2. The Bertz CT molecular complexity index is 1700. The molecule has 0 amide bonds. The lowest BCUT2D eigenvalue weighted by Gasteiger charge is -2.46. The summed E-state index contributed by atoms with van der Waals surface area (Å²) in [5, 5.41) is 0. The van der Waals surface area contributed by atoms with Gasteiger partial charge in [-0.25, -0.2) is 0 Å². The van der Waals surface area contributed by atoms with Crippen molar-refractivity contribution >= 4 is 40.4 Å². The molecule has 0 unspecified atom stereocenters. The number of hydrogen-bond donors (Lipinski definition) is 0. The number of alkyl halides is 24. The summed E-state index contributed by atoms with van der Waals surface area (Å²) in [7, 11) is 0. The quantitative estimate of drug-likeness (QED) is 0.141. The van der Waals surface area contributed by atoms with Gasteiger partial charge >= 0.3 is 49.4 Å². The minimum absolute atomic E-state index is 0. The van der Waals surface area contributed by atoms with Crippen LogP contribution in [0, 0.1) is 0 Å². The predicted octanol–water partition coefficient (Wildman–Crippen LogP) is 11.6. The van der Waals surface area contributed by atoms with Crippen LogP contribution in [0.4, 0.5) is 105 Å². The highest BCUT2D eigenvalue weighted by Gasteiger charge is 2.47. The molecular weight excluding hydrogens is 887 g/mol. The highest BCUT2D eigenvalue weighted by atomic mass is 35.5. The molecule has 0 atom stereocenters. The average molecular weight is 900 g/mol. The fourth-order valence-corrected chi connectivity index (χ4v) is 6.07. The van der Waals surface area contributed by atoms with Gasteiger partial charge in [0, 0.05) is 0 Å². The molecule has 0 aliphatic heterocycles. The maximum Gasteiger partial charge on any atom is 0.416 e. The van der Waals surface area contributed by atoms with Crippen LogP contribution in [-0.2, 0) is 49.4 Å². The van der Waals surface area contributed by atoms with Gasteiger partial charge in [0.05, 0.1) is 44.5 Å². The van der Waals surface area contributed by atoms with Crippen molar-refractivity contribution < 1.29 is 105 Å². The first-order valence-corrected chi connectivity index (χ1v) is 14.6. The van der Waals surface area contributed by atoms with Gasteiger partial charge in [-0.15, -0.1) is 12.4 Å². The van der Waals surface area contributed by atoms with Gasteiger partial charge in [0.15, 0.2) is 0 Å². The second-order valence-corrected chi connectivity index (χ2v) is 12.2. The summed E-state index contributed by atoms with van der Waals surface area (Å²) < 4.78 is 341. The molecule has 0 nitrogen and oxygen atoms in total. The van der Waals surface area contributed by atoms with Crippen LogP contribution in [0.3, 0.4) is 0 Å². The first-order valence-electron chi connectivity index (χ1n) is 14.6. The molecule has 0 fully saturated rings. The van der Waals surface area contributed by atoms with E-state index < -0.39 is 195 Å². The minimum Gasteiger partial charge on any atom is -0.194 e. The predicted molar refractivity (Wildman–Crippen MR) is 157 cm³/mol. The maximum absolute atomic E-state index is 14.2. The fourth-order valence-electron chi connectivity index (χ4n) is 6.07. The van der Waals surface area contributed by atoms with Crippen molar-refractivity contribution in [2.75, 3.05) is 0 Å². The molecule has 0 aliphatic carbocycles. The molecular formula is C32H13BClF24-. The summed E-state index contributed by atoms with van der Waals surface area (Å²) in [6, 6.07) is -8.81. The largest absolute Gasteiger partial charge is 0.416 e. The average Bonchev–Trinajstić information content (AvgIpc) is 3.01. The lowest BCUT2D eigenvalue weighted by atomic mass is 9.12. The van der Waals surface area contributed by atoms with E-state index in [1.807, 2.05) is 0 Å². The van der Waals surface area contributed by atoms with Crippen molar-refractivity contribution in [1.29, 1.82) is 0 Å². The third-order valence-corrected chi connectivity index (χ3v) is 8.44. The molecule has 0 radical (unpaired) electrons. The van der Waals surface area contributed by atoms with Crippen LogP contribution in [0.5, 0.6) is 0 Å². The molecule has 0 heterocycles. The number of benzene rings is 4. The van der Waals surface area contributed by atoms with Crippen LogP contribution in [0.15, 0.2) is 72.8 Å². The van der Waals surface area contributed by atoms with Gasteiger partial charge in [-0.3, -0.25) is 0 Å². The molecule has 58 heavy (non-hydrogen) atoms. The van der Waals surface area contributed by atoms with E-state index in [9.17, 15) is 105 Å². The SMILES string of the molecule is Cl.FC(F)(F)c1cc([B-](c2cc(C(F)(F)F)cc(C(F)(F)F)c2)(c2cc(C(F)(F)F)cc(C(F)(F)F)c2)c2cc(C(F)(F)F)cc(C(F)(F)F)c2)cc(C(F)(F)F)c1. The Morgan fingerprint density at radius 1 is 0.207 bits per heavy atom. The molecule has 0 aromatic heterocycles. The number of halogens is 25. The zero-order valence-electron chi connectivity index (χ0n) is 27.0. The van der Waals surface area contributed by atoms with Crippen LogP contribution < -0.4 is 21.9 Å². The Morgan fingerprint density at radius 2 is 0.310 bits per heavy atom. The third kappa shape index (κ3) is 9.87. The Kier molecular flexibility index (Phi) is 12.1. The molecule has 320 valence electrons. The van der Waals surface area contributed by atoms with E-state index in [1.165, 1.54) is 0 Å². The Hall–Kier alpha value is -4.45. The van der Waals surface area contributed by atoms with Crippen LogP contribution in [0.2, 0.25) is 0 Å². The molecule has 0 N–H and O–H groups in total. The van der Waals surface area contributed by atoms with Gasteiger partial charge in [0.25, 0.3) is 0 Å². The van der Waals surface area contributed by atoms with Crippen LogP contribution >= 0.6 is 12.4 Å². The summed E-state index contributed by atoms with van der Waals surface area (Å²) in [5.74, 6) is 0. The van der Waals surface area contributed by atoms with Crippen molar-refractivity contribution in [3.8, 4) is 0 Å². The van der Waals surface area contributed by atoms with Gasteiger partial charge in [-0.05, 0) is 24.3 Å². The van der Waals surface area contributed by atoms with Crippen molar-refractivity contribution in [2.45, 2.75) is 49.4 Å². The van der Waals surface area contributed by atoms with Crippen molar-refractivity contribution in [2.24, 2.45) is 0 Å². The highest BCUT2D eigenvalue weighted by Crippen LogP contribution is 2.41. The summed E-state index contributed by atoms with van der Waals surface area (Å²) in [4.78, 5) is 0. The second kappa shape index (κ2) is 14.7. The first kappa shape index (κ1) is 47.9. The summed E-state index contributed by atoms with van der Waals surface area (Å²) >= 11 is 0. The van der Waals surface area contributed by atoms with Gasteiger partial charge in [0.2, 0.25) is 0 Å². The molecule has 0 spiro atoms. The molecule has 4 aromatic carbocycles. The van der Waals surface area contributed by atoms with Gasteiger partial charge in [-0.2, -0.15) is 127 Å². The monoisotopic (exact) mass is 899 g/mol. The van der Waals surface area contributed by atoms with Crippen molar-refractivity contribution in [1.82, 2.24) is 0 Å². The standard InChI is InChI=1S/C32H12BF24.ClH/c34-25(35,36)13-1-14(26(37,38)39)6-21(5-13)33(22-7-15(27(40,41)42)2-16(8-22)28(43,44)45,23-9-17(29(46,47)48)3-18(10-23)30(49,50)51)24-11-19(31(52,53)54)4-20(12-24)32(55,56)57;/h1-12H;1H/q-1;. The lowest BCUT2D eigenvalue weighted by Crippen LogP contribution is -2.75. The van der Waals surface area contributed by atoms with Crippen molar-refractivity contribution in [3.05, 3.63) is 117 Å². The Morgan fingerprint density at radius 3 is 0.397 bits per heavy atom. The number of rotatable bonds is 4. The van der Waals surface area contributed by atoms with E-state index >= 15 is 0 Å². The molecule has 0 bridgehead atoms. The van der Waals surface area contributed by atoms with E-state index in [0.29, 0.717) is 0 Å². The van der Waals surface area contributed by atoms with Crippen molar-refractivity contribution in [3.63, 3.8) is 0 Å². The smallest absolute Gasteiger partial charge is 0.194 e. The highest BCUT2D eigenvalue weighted by molar-refractivity contribution is 7.20. The zero-order valence-corrected chi connectivity index (χ0v) is 27.8. The van der Waals surface area contributed by atoms with Gasteiger partial charge in [-0.1, -0.05) is 48.5 Å². The fraction of sp³-hybridized carbons (Fsp3) is 0.250. The minimum atomic E-state index is -6.13. The molecule has 0 saturated carbocycles. The second-order valence-electron chi connectivity index (χ2n) is 12.2. The van der Waals surface area contributed by atoms with E-state index in [1.54, 1.807) is 0 Å². The summed E-state index contributed by atoms with van der Waals surface area (Å²) in [6.07, 6.45) is -54.8. The summed E-state index contributed by atoms with van der Waals surface area (Å²) in [6.45, 7) is 0. The molecule has 26 heteroatoms. The summed E-state index contributed by atoms with van der Waals surface area (Å²) in [5.41, 5.74) is -30.2. The lowest BCUT2D eigenvalue weighted by molar-refractivity contribution is -0.144. The van der Waals surface area contributed by atoms with E-state index in [-0.39, 0.29) is 12.4 Å². The molecule has 4 aromatic rings. The molecule has 4 rings (SSSR count). The first-order chi connectivity index (χ1) is 25.3. The Balaban J connectivity index is 0.00000900.